The molecule has 1 rings (SSSR count). The summed E-state index contributed by atoms with van der Waals surface area (Å²) in [5.41, 5.74) is 1.27. The monoisotopic (exact) mass is 353 g/mol. The van der Waals surface area contributed by atoms with Gasteiger partial charge in [0, 0.05) is 19.6 Å². The molecule has 0 aliphatic carbocycles. The van der Waals surface area contributed by atoms with Crippen molar-refractivity contribution in [3.8, 4) is 0 Å². The largest absolute Gasteiger partial charge is 0.289 e. The van der Waals surface area contributed by atoms with Crippen LogP contribution in [0.2, 0.25) is 0 Å². The summed E-state index contributed by atoms with van der Waals surface area (Å²) in [7, 11) is 0. The molecule has 0 radical (unpaired) electrons. The zero-order chi connectivity index (χ0) is 19.3. The minimum Gasteiger partial charge on any atom is -0.289 e. The molecule has 0 saturated carbocycles. The molecule has 0 aromatic rings. The predicted molar refractivity (Wildman–Crippen MR) is 112 cm³/mol. The van der Waals surface area contributed by atoms with Crippen molar-refractivity contribution in [2.24, 2.45) is 16.2 Å². The summed E-state index contributed by atoms with van der Waals surface area (Å²) in [5, 5.41) is 0. The molecule has 1 aliphatic rings. The topological polar surface area (TPSA) is 9.72 Å². The fraction of sp³-hybridized carbons (Fsp3) is 1.00. The van der Waals surface area contributed by atoms with E-state index in [4.69, 9.17) is 0 Å². The Labute approximate surface area is 159 Å². The molecular formula is C22H47N3. The van der Waals surface area contributed by atoms with Crippen LogP contribution in [0, 0.1) is 16.2 Å². The highest BCUT2D eigenvalue weighted by molar-refractivity contribution is 4.75. The van der Waals surface area contributed by atoms with Crippen LogP contribution in [0.25, 0.3) is 0 Å². The Bertz CT molecular complexity index is 342. The SMILES string of the molecule is CC(C)(C)CCN1CCN(CCC(C)(C)C)CN(CCC(C)(C)C)C1. The van der Waals surface area contributed by atoms with Crippen LogP contribution in [-0.2, 0) is 0 Å². The second-order valence-corrected chi connectivity index (χ2v) is 11.8. The molecule has 1 saturated heterocycles. The van der Waals surface area contributed by atoms with Gasteiger partial charge in [-0.15, -0.1) is 0 Å². The first-order chi connectivity index (χ1) is 11.2. The number of hydrogen-bond acceptors (Lipinski definition) is 3. The first kappa shape index (κ1) is 22.9. The van der Waals surface area contributed by atoms with E-state index in [0.717, 1.165) is 13.3 Å². The van der Waals surface area contributed by atoms with Crippen LogP contribution in [-0.4, -0.2) is 60.8 Å². The summed E-state index contributed by atoms with van der Waals surface area (Å²) in [6.07, 6.45) is 3.83. The third-order valence-electron chi connectivity index (χ3n) is 5.07. The highest BCUT2D eigenvalue weighted by Gasteiger charge is 2.24. The Morgan fingerprint density at radius 3 is 1.04 bits per heavy atom. The zero-order valence-electron chi connectivity index (χ0n) is 18.9. The quantitative estimate of drug-likeness (QED) is 0.655. The molecule has 0 aromatic carbocycles. The van der Waals surface area contributed by atoms with Crippen molar-refractivity contribution < 1.29 is 0 Å². The molecular weight excluding hydrogens is 306 g/mol. The van der Waals surface area contributed by atoms with Crippen LogP contribution < -0.4 is 0 Å². The van der Waals surface area contributed by atoms with Crippen LogP contribution in [0.3, 0.4) is 0 Å². The molecule has 3 nitrogen and oxygen atoms in total. The van der Waals surface area contributed by atoms with E-state index in [-0.39, 0.29) is 0 Å². The Hall–Kier alpha value is -0.120. The van der Waals surface area contributed by atoms with E-state index in [1.54, 1.807) is 0 Å². The summed E-state index contributed by atoms with van der Waals surface area (Å²) in [6, 6.07) is 0. The Morgan fingerprint density at radius 2 is 0.760 bits per heavy atom. The predicted octanol–water partition coefficient (Wildman–Crippen LogP) is 5.13. The van der Waals surface area contributed by atoms with Gasteiger partial charge in [-0.3, -0.25) is 14.7 Å². The number of nitrogens with zero attached hydrogens (tertiary/aromatic N) is 3. The van der Waals surface area contributed by atoms with Gasteiger partial charge in [-0.05, 0) is 48.6 Å². The lowest BCUT2D eigenvalue weighted by atomic mass is 9.92. The van der Waals surface area contributed by atoms with Gasteiger partial charge >= 0.3 is 0 Å². The molecule has 1 fully saturated rings. The van der Waals surface area contributed by atoms with E-state index in [1.807, 2.05) is 0 Å². The molecule has 0 aromatic heterocycles. The average molecular weight is 354 g/mol. The molecule has 0 atom stereocenters. The first-order valence-corrected chi connectivity index (χ1v) is 10.4. The summed E-state index contributed by atoms with van der Waals surface area (Å²) in [6.45, 7) is 29.6. The summed E-state index contributed by atoms with van der Waals surface area (Å²) < 4.78 is 0. The maximum absolute atomic E-state index is 2.69. The van der Waals surface area contributed by atoms with Gasteiger partial charge < -0.3 is 0 Å². The van der Waals surface area contributed by atoms with Crippen molar-refractivity contribution in [2.45, 2.75) is 81.6 Å². The standard InChI is InChI=1S/C22H47N3/c1-20(2,3)10-13-23-16-17-24(14-11-21(4,5)6)19-25(18-23)15-12-22(7,8)9/h10-19H2,1-9H3. The molecule has 1 heterocycles. The van der Waals surface area contributed by atoms with Crippen molar-refractivity contribution in [3.05, 3.63) is 0 Å². The lowest BCUT2D eigenvalue weighted by Gasteiger charge is -2.32. The van der Waals surface area contributed by atoms with Crippen LogP contribution in [0.4, 0.5) is 0 Å². The van der Waals surface area contributed by atoms with Crippen molar-refractivity contribution in [1.29, 1.82) is 0 Å². The summed E-state index contributed by atoms with van der Waals surface area (Å²) in [5.74, 6) is 0. The fourth-order valence-corrected chi connectivity index (χ4v) is 3.02. The minimum absolute atomic E-state index is 0.415. The van der Waals surface area contributed by atoms with Crippen LogP contribution >= 0.6 is 0 Å². The number of hydrogen-bond donors (Lipinski definition) is 0. The van der Waals surface area contributed by atoms with Gasteiger partial charge in [0.05, 0.1) is 13.3 Å². The highest BCUT2D eigenvalue weighted by atomic mass is 15.4. The second kappa shape index (κ2) is 9.19. The summed E-state index contributed by atoms with van der Waals surface area (Å²) in [4.78, 5) is 8.06. The molecule has 0 spiro atoms. The van der Waals surface area contributed by atoms with Gasteiger partial charge in [0.1, 0.15) is 0 Å². The molecule has 0 bridgehead atoms. The maximum Gasteiger partial charge on any atom is 0.0518 e. The highest BCUT2D eigenvalue weighted by Crippen LogP contribution is 2.23. The lowest BCUT2D eigenvalue weighted by Crippen LogP contribution is -2.41. The van der Waals surface area contributed by atoms with E-state index in [9.17, 15) is 0 Å². The second-order valence-electron chi connectivity index (χ2n) is 11.8. The van der Waals surface area contributed by atoms with E-state index in [2.05, 4.69) is 77.0 Å². The van der Waals surface area contributed by atoms with Gasteiger partial charge in [-0.2, -0.15) is 0 Å². The maximum atomic E-state index is 2.69. The van der Waals surface area contributed by atoms with E-state index < -0.39 is 0 Å². The van der Waals surface area contributed by atoms with Crippen molar-refractivity contribution >= 4 is 0 Å². The third-order valence-corrected chi connectivity index (χ3v) is 5.07. The third kappa shape index (κ3) is 12.0. The van der Waals surface area contributed by atoms with Gasteiger partial charge in [-0.1, -0.05) is 62.3 Å². The molecule has 0 N–H and O–H groups in total. The van der Waals surface area contributed by atoms with E-state index >= 15 is 0 Å². The molecule has 0 unspecified atom stereocenters. The Balaban J connectivity index is 2.65. The zero-order valence-corrected chi connectivity index (χ0v) is 18.9. The smallest absolute Gasteiger partial charge is 0.0518 e. The Morgan fingerprint density at radius 1 is 0.480 bits per heavy atom. The van der Waals surface area contributed by atoms with E-state index in [1.165, 1.54) is 52.0 Å². The van der Waals surface area contributed by atoms with Gasteiger partial charge in [-0.25, -0.2) is 0 Å². The fourth-order valence-electron chi connectivity index (χ4n) is 3.02. The Kier molecular flexibility index (Phi) is 8.43. The van der Waals surface area contributed by atoms with Crippen LogP contribution in [0.15, 0.2) is 0 Å². The van der Waals surface area contributed by atoms with Crippen molar-refractivity contribution in [2.75, 3.05) is 46.1 Å². The van der Waals surface area contributed by atoms with Gasteiger partial charge in [0.25, 0.3) is 0 Å². The molecule has 25 heavy (non-hydrogen) atoms. The van der Waals surface area contributed by atoms with Gasteiger partial charge in [0.2, 0.25) is 0 Å². The first-order valence-electron chi connectivity index (χ1n) is 10.4. The van der Waals surface area contributed by atoms with Crippen LogP contribution in [0.1, 0.15) is 81.6 Å². The summed E-state index contributed by atoms with van der Waals surface area (Å²) >= 11 is 0. The lowest BCUT2D eigenvalue weighted by molar-refractivity contribution is 0.0990. The number of rotatable bonds is 6. The van der Waals surface area contributed by atoms with Crippen molar-refractivity contribution in [3.63, 3.8) is 0 Å². The molecule has 150 valence electrons. The van der Waals surface area contributed by atoms with Gasteiger partial charge in [0.15, 0.2) is 0 Å². The minimum atomic E-state index is 0.415. The molecule has 0 amide bonds. The molecule has 3 heteroatoms. The average Bonchev–Trinajstić information content (AvgIpc) is 2.61. The molecule has 1 aliphatic heterocycles. The normalized spacial score (nSPS) is 20.0. The van der Waals surface area contributed by atoms with Crippen molar-refractivity contribution in [1.82, 2.24) is 14.7 Å². The van der Waals surface area contributed by atoms with Crippen LogP contribution in [0.5, 0.6) is 0 Å². The van der Waals surface area contributed by atoms with E-state index in [0.29, 0.717) is 16.2 Å².